The van der Waals surface area contributed by atoms with Crippen LogP contribution in [-0.4, -0.2) is 14.0 Å². The van der Waals surface area contributed by atoms with Crippen LogP contribution in [0.4, 0.5) is 0 Å². The van der Waals surface area contributed by atoms with Gasteiger partial charge in [-0.2, -0.15) is 8.42 Å². The summed E-state index contributed by atoms with van der Waals surface area (Å²) in [6.07, 6.45) is 5.91. The Morgan fingerprint density at radius 1 is 1.32 bits per heavy atom. The van der Waals surface area contributed by atoms with Crippen molar-refractivity contribution in [1.29, 1.82) is 0 Å². The van der Waals surface area contributed by atoms with Gasteiger partial charge in [0.1, 0.15) is 5.60 Å². The Hall–Kier alpha value is -1.31. The zero-order chi connectivity index (χ0) is 14.7. The average molecular weight is 280 g/mol. The van der Waals surface area contributed by atoms with Crippen molar-refractivity contribution in [2.45, 2.75) is 44.6 Å². The highest BCUT2D eigenvalue weighted by Gasteiger charge is 2.31. The molecule has 0 aliphatic carbocycles. The van der Waals surface area contributed by atoms with Gasteiger partial charge in [0.25, 0.3) is 10.1 Å². The van der Waals surface area contributed by atoms with Crippen LogP contribution < -0.4 is 0 Å². The molecular weight excluding hydrogens is 260 g/mol. The second kappa shape index (κ2) is 5.77. The third-order valence-electron chi connectivity index (χ3n) is 2.71. The summed E-state index contributed by atoms with van der Waals surface area (Å²) >= 11 is 0. The van der Waals surface area contributed by atoms with Crippen molar-refractivity contribution in [3.63, 3.8) is 0 Å². The molecule has 1 aromatic rings. The summed E-state index contributed by atoms with van der Waals surface area (Å²) < 4.78 is 29.6. The highest BCUT2D eigenvalue weighted by molar-refractivity contribution is 7.86. The first-order chi connectivity index (χ1) is 8.68. The van der Waals surface area contributed by atoms with E-state index < -0.39 is 15.7 Å². The largest absolute Gasteiger partial charge is 0.298 e. The maximum absolute atomic E-state index is 12.2. The normalized spacial score (nSPS) is 14.9. The van der Waals surface area contributed by atoms with Gasteiger partial charge in [-0.25, -0.2) is 4.18 Å². The van der Waals surface area contributed by atoms with Crippen molar-refractivity contribution >= 4 is 10.1 Å². The molecule has 0 N–H and O–H groups in total. The summed E-state index contributed by atoms with van der Waals surface area (Å²) in [6.45, 7) is 7.45. The summed E-state index contributed by atoms with van der Waals surface area (Å²) in [5.74, 6) is 2.69. The number of rotatable bonds is 5. The average Bonchev–Trinajstić information content (AvgIpc) is 2.27. The molecule has 19 heavy (non-hydrogen) atoms. The van der Waals surface area contributed by atoms with Crippen LogP contribution in [0.25, 0.3) is 0 Å². The highest BCUT2D eigenvalue weighted by atomic mass is 32.2. The van der Waals surface area contributed by atoms with Crippen LogP contribution in [0.2, 0.25) is 0 Å². The van der Waals surface area contributed by atoms with Crippen LogP contribution >= 0.6 is 0 Å². The van der Waals surface area contributed by atoms with Gasteiger partial charge in [0.2, 0.25) is 0 Å². The third-order valence-corrected chi connectivity index (χ3v) is 4.14. The lowest BCUT2D eigenvalue weighted by Gasteiger charge is -2.25. The van der Waals surface area contributed by atoms with E-state index in [1.54, 1.807) is 19.1 Å². The monoisotopic (exact) mass is 280 g/mol. The van der Waals surface area contributed by atoms with E-state index in [0.29, 0.717) is 6.42 Å². The lowest BCUT2D eigenvalue weighted by molar-refractivity contribution is 0.133. The van der Waals surface area contributed by atoms with Crippen LogP contribution in [-0.2, 0) is 14.3 Å². The number of benzene rings is 1. The van der Waals surface area contributed by atoms with E-state index in [-0.39, 0.29) is 10.8 Å². The first-order valence-corrected chi connectivity index (χ1v) is 7.59. The Morgan fingerprint density at radius 2 is 1.84 bits per heavy atom. The predicted octanol–water partition coefficient (Wildman–Crippen LogP) is 3.14. The smallest absolute Gasteiger partial charge is 0.247 e. The molecule has 0 fully saturated rings. The van der Waals surface area contributed by atoms with Gasteiger partial charge in [0.05, 0.1) is 4.90 Å². The molecule has 3 nitrogen and oxygen atoms in total. The lowest BCUT2D eigenvalue weighted by atomic mass is 9.95. The third kappa shape index (κ3) is 4.38. The summed E-state index contributed by atoms with van der Waals surface area (Å²) in [4.78, 5) is 0.128. The Morgan fingerprint density at radius 3 is 2.26 bits per heavy atom. The minimum atomic E-state index is -3.83. The van der Waals surface area contributed by atoms with Crippen LogP contribution in [0.5, 0.6) is 0 Å². The molecule has 104 valence electrons. The molecule has 1 unspecified atom stereocenters. The summed E-state index contributed by atoms with van der Waals surface area (Å²) in [5, 5.41) is 0. The summed E-state index contributed by atoms with van der Waals surface area (Å²) in [6, 6.07) is 6.51. The number of terminal acetylenes is 1. The molecule has 0 spiro atoms. The molecule has 0 amide bonds. The molecule has 0 saturated carbocycles. The van der Waals surface area contributed by atoms with Gasteiger partial charge >= 0.3 is 0 Å². The minimum Gasteiger partial charge on any atom is -0.247 e. The first kappa shape index (κ1) is 15.7. The Labute approximate surface area is 116 Å². The molecule has 0 radical (unpaired) electrons. The fraction of sp³-hybridized carbons (Fsp3) is 0.467. The molecule has 1 aromatic carbocycles. The van der Waals surface area contributed by atoms with Crippen molar-refractivity contribution in [1.82, 2.24) is 0 Å². The highest BCUT2D eigenvalue weighted by Crippen LogP contribution is 2.26. The van der Waals surface area contributed by atoms with Gasteiger partial charge in [0.15, 0.2) is 0 Å². The molecule has 4 heteroatoms. The van der Waals surface area contributed by atoms with Gasteiger partial charge in [-0.1, -0.05) is 37.5 Å². The lowest BCUT2D eigenvalue weighted by Crippen LogP contribution is -2.31. The fourth-order valence-electron chi connectivity index (χ4n) is 1.89. The fourth-order valence-corrected chi connectivity index (χ4v) is 3.06. The SMILES string of the molecule is C#CC(C)(CC(C)C)OS(=O)(=O)c1ccc(C)cc1. The minimum absolute atomic E-state index is 0.128. The van der Waals surface area contributed by atoms with E-state index in [1.165, 1.54) is 12.1 Å². The molecule has 0 bridgehead atoms. The summed E-state index contributed by atoms with van der Waals surface area (Å²) in [7, 11) is -3.83. The quantitative estimate of drug-likeness (QED) is 0.615. The number of aryl methyl sites for hydroxylation is 1. The van der Waals surface area contributed by atoms with Crippen LogP contribution in [0.15, 0.2) is 29.2 Å². The maximum Gasteiger partial charge on any atom is 0.298 e. The Kier molecular flexibility index (Phi) is 4.78. The van der Waals surface area contributed by atoms with Gasteiger partial charge < -0.3 is 0 Å². The number of hydrogen-bond donors (Lipinski definition) is 0. The van der Waals surface area contributed by atoms with Crippen LogP contribution in [0.1, 0.15) is 32.8 Å². The zero-order valence-corrected chi connectivity index (χ0v) is 12.6. The second-order valence-electron chi connectivity index (χ2n) is 5.32. The molecule has 0 heterocycles. The van der Waals surface area contributed by atoms with Crippen LogP contribution in [0.3, 0.4) is 0 Å². The van der Waals surface area contributed by atoms with Crippen molar-refractivity contribution < 1.29 is 12.6 Å². The number of hydrogen-bond acceptors (Lipinski definition) is 3. The Balaban J connectivity index is 3.02. The molecule has 0 aliphatic rings. The van der Waals surface area contributed by atoms with E-state index in [0.717, 1.165) is 5.56 Å². The summed E-state index contributed by atoms with van der Waals surface area (Å²) in [5.41, 5.74) is -0.126. The standard InChI is InChI=1S/C15H20O3S/c1-6-15(5,11-12(2)3)18-19(16,17)14-9-7-13(4)8-10-14/h1,7-10,12H,11H2,2-5H3. The maximum atomic E-state index is 12.2. The molecule has 0 aliphatic heterocycles. The van der Waals surface area contributed by atoms with Gasteiger partial charge in [-0.15, -0.1) is 6.42 Å². The Bertz CT molecular complexity index is 564. The predicted molar refractivity (Wildman–Crippen MR) is 76.1 cm³/mol. The first-order valence-electron chi connectivity index (χ1n) is 6.18. The molecule has 0 aromatic heterocycles. The van der Waals surface area contributed by atoms with Crippen molar-refractivity contribution in [2.75, 3.05) is 0 Å². The molecular formula is C15H20O3S. The van der Waals surface area contributed by atoms with E-state index in [1.807, 2.05) is 20.8 Å². The van der Waals surface area contributed by atoms with Crippen molar-refractivity contribution in [3.05, 3.63) is 29.8 Å². The molecule has 1 rings (SSSR count). The van der Waals surface area contributed by atoms with E-state index in [2.05, 4.69) is 5.92 Å². The van der Waals surface area contributed by atoms with Crippen molar-refractivity contribution in [2.24, 2.45) is 5.92 Å². The van der Waals surface area contributed by atoms with E-state index in [4.69, 9.17) is 10.6 Å². The molecule has 1 atom stereocenters. The van der Waals surface area contributed by atoms with E-state index in [9.17, 15) is 8.42 Å². The van der Waals surface area contributed by atoms with Crippen LogP contribution in [0, 0.1) is 25.2 Å². The second-order valence-corrected chi connectivity index (χ2v) is 6.87. The van der Waals surface area contributed by atoms with E-state index >= 15 is 0 Å². The van der Waals surface area contributed by atoms with Gasteiger partial charge in [-0.05, 0) is 38.3 Å². The topological polar surface area (TPSA) is 43.4 Å². The van der Waals surface area contributed by atoms with Crippen molar-refractivity contribution in [3.8, 4) is 12.3 Å². The molecule has 0 saturated heterocycles. The van der Waals surface area contributed by atoms with Gasteiger partial charge in [0, 0.05) is 0 Å². The van der Waals surface area contributed by atoms with Gasteiger partial charge in [-0.3, -0.25) is 0 Å². The zero-order valence-electron chi connectivity index (χ0n) is 11.8.